The van der Waals surface area contributed by atoms with Crippen LogP contribution in [0.15, 0.2) is 52.9 Å². The van der Waals surface area contributed by atoms with Gasteiger partial charge in [-0.3, -0.25) is 4.79 Å². The second-order valence-corrected chi connectivity index (χ2v) is 6.73. The molecule has 0 bridgehead atoms. The van der Waals surface area contributed by atoms with Gasteiger partial charge in [0.15, 0.2) is 0 Å². The number of nitrogens with zero attached hydrogens (tertiary/aromatic N) is 1. The van der Waals surface area contributed by atoms with Crippen molar-refractivity contribution >= 4 is 28.9 Å². The predicted octanol–water partition coefficient (Wildman–Crippen LogP) is 6.88. The third-order valence-corrected chi connectivity index (χ3v) is 4.28. The lowest BCUT2D eigenvalue weighted by atomic mass is 10.2. The average Bonchev–Trinajstić information content (AvgIpc) is 3.07. The lowest BCUT2D eigenvalue weighted by Crippen LogP contribution is -2.17. The normalized spacial score (nSPS) is 11.4. The molecule has 1 aromatic heterocycles. The van der Waals surface area contributed by atoms with Crippen molar-refractivity contribution < 1.29 is 45.0 Å². The fraction of sp³-hybridized carbons (Fsp3) is 0.200. The molecule has 0 saturated carbocycles. The second kappa shape index (κ2) is 10.7. The Bertz CT molecular complexity index is 1050. The van der Waals surface area contributed by atoms with Gasteiger partial charge in [0.2, 0.25) is 5.89 Å². The van der Waals surface area contributed by atoms with Crippen molar-refractivity contribution in [3.8, 4) is 23.0 Å². The summed E-state index contributed by atoms with van der Waals surface area (Å²) < 4.78 is 84.9. The molecule has 5 nitrogen and oxygen atoms in total. The summed E-state index contributed by atoms with van der Waals surface area (Å²) in [6.07, 6.45) is -8.98. The summed E-state index contributed by atoms with van der Waals surface area (Å²) in [7, 11) is 0. The van der Waals surface area contributed by atoms with E-state index >= 15 is 0 Å². The first-order valence-corrected chi connectivity index (χ1v) is 10.1. The van der Waals surface area contributed by atoms with Crippen LogP contribution in [0.5, 0.6) is 11.5 Å². The van der Waals surface area contributed by atoms with Gasteiger partial charge >= 0.3 is 12.7 Å². The quantitative estimate of drug-likeness (QED) is 0.144. The van der Waals surface area contributed by atoms with E-state index in [1.165, 1.54) is 30.3 Å². The number of carbonyl (C=O) groups is 1. The lowest BCUT2D eigenvalue weighted by Gasteiger charge is -2.08. The Morgan fingerprint density at radius 3 is 2.03 bits per heavy atom. The Kier molecular flexibility index (Phi) is 8.52. The van der Waals surface area contributed by atoms with Crippen LogP contribution < -0.4 is 9.47 Å². The van der Waals surface area contributed by atoms with Gasteiger partial charge in [-0.2, -0.15) is 0 Å². The summed E-state index contributed by atoms with van der Waals surface area (Å²) in [6.45, 7) is 1.76. The molecule has 0 amide bonds. The van der Waals surface area contributed by atoms with Gasteiger partial charge in [-0.25, -0.2) is 4.98 Å². The molecule has 0 saturated heterocycles. The van der Waals surface area contributed by atoms with E-state index in [0.29, 0.717) is 22.0 Å². The lowest BCUT2D eigenvalue weighted by molar-refractivity contribution is -0.275. The molecule has 3 aromatic rings. The van der Waals surface area contributed by atoms with Gasteiger partial charge in [-0.05, 0) is 37.3 Å². The van der Waals surface area contributed by atoms with Gasteiger partial charge in [-0.1, -0.05) is 40.8 Å². The molecule has 0 radical (unpaired) electrons. The van der Waals surface area contributed by atoms with Crippen molar-refractivity contribution in [2.45, 2.75) is 24.1 Å². The number of aryl methyl sites for hydroxylation is 1. The van der Waals surface area contributed by atoms with Crippen molar-refractivity contribution in [3.05, 3.63) is 65.5 Å². The van der Waals surface area contributed by atoms with Crippen LogP contribution in [0, 0.1) is 6.92 Å². The van der Waals surface area contributed by atoms with E-state index in [2.05, 4.69) is 37.0 Å². The summed E-state index contributed by atoms with van der Waals surface area (Å²) >= 11 is 2.14. The molecule has 32 heavy (non-hydrogen) atoms. The molecule has 3 rings (SSSR count). The number of aldehydes is 1. The first-order chi connectivity index (χ1) is 14.9. The molecule has 172 valence electrons. The van der Waals surface area contributed by atoms with E-state index in [4.69, 9.17) is 4.42 Å². The monoisotopic (exact) mass is 573 g/mol. The van der Waals surface area contributed by atoms with Crippen LogP contribution in [0.25, 0.3) is 11.5 Å². The predicted molar refractivity (Wildman–Crippen MR) is 110 cm³/mol. The number of alkyl halides is 7. The highest BCUT2D eigenvalue weighted by molar-refractivity contribution is 14.1. The fourth-order valence-electron chi connectivity index (χ4n) is 2.29. The number of aromatic nitrogens is 1. The molecule has 0 fully saturated rings. The summed E-state index contributed by atoms with van der Waals surface area (Å²) in [4.78, 5) is 14.4. The number of rotatable bonds is 5. The first kappa shape index (κ1) is 25.5. The third-order valence-electron chi connectivity index (χ3n) is 3.56. The summed E-state index contributed by atoms with van der Waals surface area (Å²) in [5.41, 5.74) is 1.36. The second-order valence-electron chi connectivity index (χ2n) is 5.97. The first-order valence-electron chi connectivity index (χ1n) is 8.59. The van der Waals surface area contributed by atoms with Crippen LogP contribution in [0.2, 0.25) is 0 Å². The van der Waals surface area contributed by atoms with Gasteiger partial charge in [0, 0.05) is 15.6 Å². The third kappa shape index (κ3) is 8.40. The van der Waals surface area contributed by atoms with Gasteiger partial charge in [-0.15, -0.1) is 26.3 Å². The standard InChI is InChI=1S/C12H9F3INO2.C8H5F3O2/c1-7-10(6-16)17-11(18-7)8-3-2-4-9(5-8)19-12(13,14)15;9-8(10,11)13-7-3-1-2-6(4-7)5-12/h2-5H,6H2,1H3;1-5H. The SMILES string of the molecule is Cc1oc(-c2cccc(OC(F)(F)F)c2)nc1CI.O=Cc1cccc(OC(F)(F)F)c1. The number of carbonyl (C=O) groups excluding carboxylic acids is 1. The Balaban J connectivity index is 0.000000244. The number of benzene rings is 2. The minimum atomic E-state index is -4.72. The van der Waals surface area contributed by atoms with Crippen molar-refractivity contribution in [1.29, 1.82) is 0 Å². The number of halogens is 7. The maximum Gasteiger partial charge on any atom is 0.573 e. The molecule has 1 heterocycles. The Morgan fingerprint density at radius 2 is 1.53 bits per heavy atom. The van der Waals surface area contributed by atoms with Crippen molar-refractivity contribution in [2.24, 2.45) is 0 Å². The van der Waals surface area contributed by atoms with Gasteiger partial charge in [0.1, 0.15) is 23.5 Å². The molecule has 12 heteroatoms. The van der Waals surface area contributed by atoms with E-state index in [1.807, 2.05) is 0 Å². The van der Waals surface area contributed by atoms with Crippen LogP contribution in [0.4, 0.5) is 26.3 Å². The van der Waals surface area contributed by atoms with Crippen LogP contribution in [0.3, 0.4) is 0 Å². The number of ether oxygens (including phenoxy) is 2. The highest BCUT2D eigenvalue weighted by Crippen LogP contribution is 2.29. The number of oxazole rings is 1. The van der Waals surface area contributed by atoms with Crippen LogP contribution >= 0.6 is 22.6 Å². The van der Waals surface area contributed by atoms with Crippen LogP contribution in [-0.2, 0) is 4.43 Å². The highest BCUT2D eigenvalue weighted by Gasteiger charge is 2.31. The summed E-state index contributed by atoms with van der Waals surface area (Å²) in [6, 6.07) is 10.4. The van der Waals surface area contributed by atoms with Crippen molar-refractivity contribution in [3.63, 3.8) is 0 Å². The van der Waals surface area contributed by atoms with Gasteiger partial charge < -0.3 is 13.9 Å². The van der Waals surface area contributed by atoms with E-state index in [-0.39, 0.29) is 17.2 Å². The summed E-state index contributed by atoms with van der Waals surface area (Å²) in [5.74, 6) is 0.261. The molecule has 0 aliphatic heterocycles. The molecule has 0 aliphatic rings. The Labute approximate surface area is 191 Å². The largest absolute Gasteiger partial charge is 0.573 e. The number of hydrogen-bond acceptors (Lipinski definition) is 5. The molecular formula is C20H14F6INO4. The Morgan fingerprint density at radius 1 is 0.969 bits per heavy atom. The zero-order valence-electron chi connectivity index (χ0n) is 16.1. The molecule has 0 atom stereocenters. The van der Waals surface area contributed by atoms with Crippen molar-refractivity contribution in [2.75, 3.05) is 0 Å². The van der Waals surface area contributed by atoms with Gasteiger partial charge in [0.25, 0.3) is 0 Å². The fourth-order valence-corrected chi connectivity index (χ4v) is 2.99. The average molecular weight is 573 g/mol. The summed E-state index contributed by atoms with van der Waals surface area (Å²) in [5, 5.41) is 0. The molecule has 0 aliphatic carbocycles. The maximum absolute atomic E-state index is 12.1. The minimum Gasteiger partial charge on any atom is -0.441 e. The minimum absolute atomic E-state index is 0.141. The van der Waals surface area contributed by atoms with E-state index in [9.17, 15) is 31.1 Å². The highest BCUT2D eigenvalue weighted by atomic mass is 127. The van der Waals surface area contributed by atoms with Gasteiger partial charge in [0.05, 0.1) is 5.69 Å². The maximum atomic E-state index is 12.1. The van der Waals surface area contributed by atoms with E-state index in [0.717, 1.165) is 17.8 Å². The zero-order chi connectivity index (χ0) is 23.9. The van der Waals surface area contributed by atoms with E-state index in [1.54, 1.807) is 13.0 Å². The zero-order valence-corrected chi connectivity index (χ0v) is 18.3. The topological polar surface area (TPSA) is 61.6 Å². The van der Waals surface area contributed by atoms with Crippen molar-refractivity contribution in [1.82, 2.24) is 4.98 Å². The molecule has 0 spiro atoms. The molecule has 0 unspecified atom stereocenters. The Hall–Kier alpha value is -2.77. The molecular weight excluding hydrogens is 559 g/mol. The smallest absolute Gasteiger partial charge is 0.441 e. The van der Waals surface area contributed by atoms with Crippen LogP contribution in [0.1, 0.15) is 21.8 Å². The van der Waals surface area contributed by atoms with Crippen LogP contribution in [-0.4, -0.2) is 24.0 Å². The van der Waals surface area contributed by atoms with E-state index < -0.39 is 18.5 Å². The number of hydrogen-bond donors (Lipinski definition) is 0. The molecule has 0 N–H and O–H groups in total. The molecule has 2 aromatic carbocycles.